The van der Waals surface area contributed by atoms with Gasteiger partial charge in [0.2, 0.25) is 0 Å². The van der Waals surface area contributed by atoms with Crippen LogP contribution in [0.5, 0.6) is 0 Å². The van der Waals surface area contributed by atoms with E-state index in [9.17, 15) is 9.18 Å². The van der Waals surface area contributed by atoms with Crippen molar-refractivity contribution in [2.75, 3.05) is 13.6 Å². The van der Waals surface area contributed by atoms with Crippen LogP contribution in [0.15, 0.2) is 18.2 Å². The fourth-order valence-corrected chi connectivity index (χ4v) is 1.73. The van der Waals surface area contributed by atoms with E-state index in [4.69, 9.17) is 5.11 Å². The molecule has 1 aromatic rings. The van der Waals surface area contributed by atoms with Crippen LogP contribution in [0.3, 0.4) is 0 Å². The Kier molecular flexibility index (Phi) is 5.28. The third-order valence-electron chi connectivity index (χ3n) is 2.75. The van der Waals surface area contributed by atoms with Gasteiger partial charge in [0.05, 0.1) is 5.56 Å². The molecule has 0 heterocycles. The van der Waals surface area contributed by atoms with Gasteiger partial charge < -0.3 is 10.0 Å². The molecule has 0 spiro atoms. The van der Waals surface area contributed by atoms with Crippen LogP contribution in [0.2, 0.25) is 0 Å². The van der Waals surface area contributed by atoms with Crippen molar-refractivity contribution in [2.45, 2.75) is 26.8 Å². The fraction of sp³-hybridized carbons (Fsp3) is 0.500. The van der Waals surface area contributed by atoms with Crippen LogP contribution in [0.4, 0.5) is 4.39 Å². The second kappa shape index (κ2) is 6.50. The topological polar surface area (TPSA) is 40.5 Å². The minimum absolute atomic E-state index is 0.00209. The Bertz CT molecular complexity index is 418. The zero-order valence-electron chi connectivity index (χ0n) is 11.1. The Labute approximate surface area is 107 Å². The lowest BCUT2D eigenvalue weighted by atomic mass is 10.1. The van der Waals surface area contributed by atoms with Gasteiger partial charge in [0, 0.05) is 6.54 Å². The molecule has 1 aromatic carbocycles. The smallest absolute Gasteiger partial charge is 0.335 e. The first-order chi connectivity index (χ1) is 8.38. The van der Waals surface area contributed by atoms with E-state index in [1.165, 1.54) is 12.1 Å². The molecule has 0 aliphatic heterocycles. The highest BCUT2D eigenvalue weighted by Crippen LogP contribution is 2.12. The number of carbonyl (C=O) groups is 1. The third kappa shape index (κ3) is 4.84. The highest BCUT2D eigenvalue weighted by atomic mass is 19.1. The quantitative estimate of drug-likeness (QED) is 0.847. The summed E-state index contributed by atoms with van der Waals surface area (Å²) in [5.74, 6) is -0.975. The number of nitrogens with zero attached hydrogens (tertiary/aromatic N) is 1. The lowest BCUT2D eigenvalue weighted by Crippen LogP contribution is -2.20. The van der Waals surface area contributed by atoms with Crippen LogP contribution in [0.1, 0.15) is 36.2 Å². The molecule has 0 aliphatic carbocycles. The SMILES string of the molecule is CC(C)CCN(C)Cc1cc(F)cc(C(=O)O)c1. The average Bonchev–Trinajstić information content (AvgIpc) is 2.25. The van der Waals surface area contributed by atoms with E-state index in [0.29, 0.717) is 18.0 Å². The number of halogens is 1. The summed E-state index contributed by atoms with van der Waals surface area (Å²) in [6.45, 7) is 5.78. The molecular weight excluding hydrogens is 233 g/mol. The number of aromatic carboxylic acids is 1. The maximum Gasteiger partial charge on any atom is 0.335 e. The van der Waals surface area contributed by atoms with E-state index < -0.39 is 11.8 Å². The minimum atomic E-state index is -1.10. The molecule has 1 rings (SSSR count). The van der Waals surface area contributed by atoms with E-state index in [2.05, 4.69) is 18.7 Å². The van der Waals surface area contributed by atoms with Crippen molar-refractivity contribution in [2.24, 2.45) is 5.92 Å². The fourth-order valence-electron chi connectivity index (χ4n) is 1.73. The zero-order valence-corrected chi connectivity index (χ0v) is 11.1. The highest BCUT2D eigenvalue weighted by molar-refractivity contribution is 5.87. The molecule has 100 valence electrons. The monoisotopic (exact) mass is 253 g/mol. The molecule has 1 N–H and O–H groups in total. The molecule has 18 heavy (non-hydrogen) atoms. The predicted octanol–water partition coefficient (Wildman–Crippen LogP) is 3.00. The van der Waals surface area contributed by atoms with Crippen LogP contribution in [0.25, 0.3) is 0 Å². The minimum Gasteiger partial charge on any atom is -0.478 e. The van der Waals surface area contributed by atoms with Crippen molar-refractivity contribution in [3.8, 4) is 0 Å². The number of carboxylic acids is 1. The molecular formula is C14H20FNO2. The van der Waals surface area contributed by atoms with Gasteiger partial charge in [0.25, 0.3) is 0 Å². The van der Waals surface area contributed by atoms with Crippen molar-refractivity contribution >= 4 is 5.97 Å². The van der Waals surface area contributed by atoms with Crippen LogP contribution < -0.4 is 0 Å². The predicted molar refractivity (Wildman–Crippen MR) is 69.1 cm³/mol. The van der Waals surface area contributed by atoms with Crippen molar-refractivity contribution < 1.29 is 14.3 Å². The van der Waals surface area contributed by atoms with Crippen molar-refractivity contribution in [1.82, 2.24) is 4.90 Å². The van der Waals surface area contributed by atoms with Gasteiger partial charge in [-0.3, -0.25) is 0 Å². The number of hydrogen-bond acceptors (Lipinski definition) is 2. The second-order valence-corrected chi connectivity index (χ2v) is 5.07. The van der Waals surface area contributed by atoms with Gasteiger partial charge in [-0.1, -0.05) is 13.8 Å². The van der Waals surface area contributed by atoms with Crippen molar-refractivity contribution in [3.63, 3.8) is 0 Å². The largest absolute Gasteiger partial charge is 0.478 e. The van der Waals surface area contributed by atoms with E-state index >= 15 is 0 Å². The van der Waals surface area contributed by atoms with Crippen LogP contribution >= 0.6 is 0 Å². The molecule has 3 nitrogen and oxygen atoms in total. The van der Waals surface area contributed by atoms with Crippen molar-refractivity contribution in [3.05, 3.63) is 35.1 Å². The second-order valence-electron chi connectivity index (χ2n) is 5.07. The summed E-state index contributed by atoms with van der Waals surface area (Å²) in [6, 6.07) is 3.95. The Balaban J connectivity index is 2.69. The van der Waals surface area contributed by atoms with Crippen LogP contribution in [-0.4, -0.2) is 29.6 Å². The van der Waals surface area contributed by atoms with E-state index in [1.807, 2.05) is 7.05 Å². The van der Waals surface area contributed by atoms with E-state index in [1.54, 1.807) is 0 Å². The maximum absolute atomic E-state index is 13.3. The third-order valence-corrected chi connectivity index (χ3v) is 2.75. The summed E-state index contributed by atoms with van der Waals surface area (Å²) in [7, 11) is 1.95. The van der Waals surface area contributed by atoms with Gasteiger partial charge >= 0.3 is 5.97 Å². The summed E-state index contributed by atoms with van der Waals surface area (Å²) in [4.78, 5) is 12.9. The molecule has 0 saturated heterocycles. The molecule has 0 aliphatic rings. The summed E-state index contributed by atoms with van der Waals surface area (Å²) in [6.07, 6.45) is 1.07. The summed E-state index contributed by atoms with van der Waals surface area (Å²) in [5.41, 5.74) is 0.695. The first-order valence-corrected chi connectivity index (χ1v) is 6.09. The average molecular weight is 253 g/mol. The van der Waals surface area contributed by atoms with Gasteiger partial charge in [0.1, 0.15) is 5.82 Å². The molecule has 0 bridgehead atoms. The van der Waals surface area contributed by atoms with E-state index in [-0.39, 0.29) is 5.56 Å². The number of hydrogen-bond donors (Lipinski definition) is 1. The van der Waals surface area contributed by atoms with Gasteiger partial charge in [-0.25, -0.2) is 9.18 Å². The van der Waals surface area contributed by atoms with Crippen molar-refractivity contribution in [1.29, 1.82) is 0 Å². The van der Waals surface area contributed by atoms with Gasteiger partial charge in [0.15, 0.2) is 0 Å². The maximum atomic E-state index is 13.3. The summed E-state index contributed by atoms with van der Waals surface area (Å²) >= 11 is 0. The molecule has 0 fully saturated rings. The number of rotatable bonds is 6. The first kappa shape index (κ1) is 14.6. The summed E-state index contributed by atoms with van der Waals surface area (Å²) in [5, 5.41) is 8.86. The van der Waals surface area contributed by atoms with Crippen LogP contribution in [-0.2, 0) is 6.54 Å². The van der Waals surface area contributed by atoms with Gasteiger partial charge in [-0.2, -0.15) is 0 Å². The first-order valence-electron chi connectivity index (χ1n) is 6.09. The standard InChI is InChI=1S/C14H20FNO2/c1-10(2)4-5-16(3)9-11-6-12(14(17)18)8-13(15)7-11/h6-8,10H,4-5,9H2,1-3H3,(H,17,18). The highest BCUT2D eigenvalue weighted by Gasteiger charge is 2.09. The molecule has 0 atom stereocenters. The lowest BCUT2D eigenvalue weighted by Gasteiger charge is -2.18. The Morgan fingerprint density at radius 1 is 1.39 bits per heavy atom. The Hall–Kier alpha value is -1.42. The Morgan fingerprint density at radius 3 is 2.61 bits per heavy atom. The van der Waals surface area contributed by atoms with Crippen LogP contribution in [0, 0.1) is 11.7 Å². The summed E-state index contributed by atoms with van der Waals surface area (Å²) < 4.78 is 13.3. The molecule has 0 saturated carbocycles. The lowest BCUT2D eigenvalue weighted by molar-refractivity contribution is 0.0696. The normalized spacial score (nSPS) is 11.2. The molecule has 4 heteroatoms. The zero-order chi connectivity index (χ0) is 13.7. The number of benzene rings is 1. The molecule has 0 aromatic heterocycles. The molecule has 0 amide bonds. The molecule has 0 unspecified atom stereocenters. The molecule has 0 radical (unpaired) electrons. The number of carboxylic acid groups (broad SMARTS) is 1. The van der Waals surface area contributed by atoms with E-state index in [0.717, 1.165) is 19.0 Å². The Morgan fingerprint density at radius 2 is 2.06 bits per heavy atom. The van der Waals surface area contributed by atoms with Gasteiger partial charge in [-0.15, -0.1) is 0 Å². The van der Waals surface area contributed by atoms with Gasteiger partial charge in [-0.05, 0) is 49.7 Å².